The molecule has 0 radical (unpaired) electrons. The minimum Gasteiger partial charge on any atom is -0.378 e. The quantitative estimate of drug-likeness (QED) is 0.283. The maximum Gasteiger partial charge on any atom is 0.0595 e. The van der Waals surface area contributed by atoms with E-state index in [1.165, 1.54) is 57.8 Å². The largest absolute Gasteiger partial charge is 0.378 e. The van der Waals surface area contributed by atoms with Crippen LogP contribution in [0.5, 0.6) is 0 Å². The Morgan fingerprint density at radius 1 is 1.04 bits per heavy atom. The molecule has 1 fully saturated rings. The zero-order chi connectivity index (χ0) is 19.6. The molecule has 0 spiro atoms. The van der Waals surface area contributed by atoms with Gasteiger partial charge >= 0.3 is 0 Å². The first-order valence-corrected chi connectivity index (χ1v) is 11.2. The summed E-state index contributed by atoms with van der Waals surface area (Å²) in [6, 6.07) is 0. The van der Waals surface area contributed by atoms with Crippen LogP contribution in [0.1, 0.15) is 113 Å². The average Bonchev–Trinajstić information content (AvgIpc) is 3.08. The summed E-state index contributed by atoms with van der Waals surface area (Å²) < 4.78 is 6.15. The summed E-state index contributed by atoms with van der Waals surface area (Å²) in [4.78, 5) is 0. The minimum absolute atomic E-state index is 0.241. The van der Waals surface area contributed by atoms with E-state index < -0.39 is 0 Å². The first-order valence-electron chi connectivity index (χ1n) is 11.2. The molecule has 0 heterocycles. The second kappa shape index (κ2) is 7.98. The molecule has 2 aliphatic carbocycles. The van der Waals surface area contributed by atoms with Crippen molar-refractivity contribution in [1.29, 1.82) is 0 Å². The zero-order valence-electron chi connectivity index (χ0n) is 19.1. The Morgan fingerprint density at radius 3 is 2.19 bits per heavy atom. The zero-order valence-corrected chi connectivity index (χ0v) is 19.1. The lowest BCUT2D eigenvalue weighted by atomic mass is 9.65. The van der Waals surface area contributed by atoms with Gasteiger partial charge in [0.15, 0.2) is 0 Å². The van der Waals surface area contributed by atoms with E-state index >= 15 is 0 Å². The van der Waals surface area contributed by atoms with Gasteiger partial charge in [-0.1, -0.05) is 60.1 Å². The van der Waals surface area contributed by atoms with E-state index in [1.807, 2.05) is 0 Å². The number of ether oxygens (including phenoxy) is 1. The van der Waals surface area contributed by atoms with E-state index in [9.17, 15) is 0 Å². The molecule has 0 aromatic carbocycles. The van der Waals surface area contributed by atoms with E-state index in [-0.39, 0.29) is 5.41 Å². The molecule has 0 N–H and O–H groups in total. The third-order valence-corrected chi connectivity index (χ3v) is 8.13. The molecule has 2 rings (SSSR count). The molecule has 152 valence electrons. The summed E-state index contributed by atoms with van der Waals surface area (Å²) in [7, 11) is 0. The van der Waals surface area contributed by atoms with Gasteiger partial charge in [0.05, 0.1) is 6.10 Å². The van der Waals surface area contributed by atoms with E-state index in [0.717, 1.165) is 6.61 Å². The molecule has 1 saturated carbocycles. The lowest BCUT2D eigenvalue weighted by Gasteiger charge is -2.40. The van der Waals surface area contributed by atoms with Crippen molar-refractivity contribution in [2.24, 2.45) is 21.7 Å². The van der Waals surface area contributed by atoms with Gasteiger partial charge in [0.1, 0.15) is 0 Å². The summed E-state index contributed by atoms with van der Waals surface area (Å²) in [5.74, 6) is 0. The number of hydrogen-bond donors (Lipinski definition) is 0. The van der Waals surface area contributed by atoms with E-state index in [2.05, 4.69) is 61.5 Å². The molecule has 1 nitrogen and oxygen atoms in total. The Bertz CT molecular complexity index is 489. The predicted molar refractivity (Wildman–Crippen MR) is 115 cm³/mol. The summed E-state index contributed by atoms with van der Waals surface area (Å²) in [5.41, 5.74) is 3.40. The van der Waals surface area contributed by atoms with Crippen molar-refractivity contribution in [3.8, 4) is 0 Å². The van der Waals surface area contributed by atoms with Crippen molar-refractivity contribution in [3.05, 3.63) is 11.6 Å². The Morgan fingerprint density at radius 2 is 1.69 bits per heavy atom. The summed E-state index contributed by atoms with van der Waals surface area (Å²) in [5, 5.41) is 0. The Kier molecular flexibility index (Phi) is 6.75. The van der Waals surface area contributed by atoms with Crippen LogP contribution in [0.25, 0.3) is 0 Å². The van der Waals surface area contributed by atoms with Crippen LogP contribution in [-0.2, 0) is 4.74 Å². The van der Waals surface area contributed by atoms with Crippen molar-refractivity contribution < 1.29 is 4.74 Å². The standard InChI is InChI=1S/C25H46O/c1-20(22(2,3)4)26-19-11-14-24(7,25(8)17-18-25)16-15-23(5,6)21-12-9-10-13-21/h12,20H,9-11,13-19H2,1-8H3. The van der Waals surface area contributed by atoms with Crippen molar-refractivity contribution >= 4 is 0 Å². The average molecular weight is 363 g/mol. The Balaban J connectivity index is 1.88. The SMILES string of the molecule is CC(OCCCC(C)(CCC(C)(C)C1=CCCC1)C1(C)CC1)C(C)(C)C. The van der Waals surface area contributed by atoms with Crippen LogP contribution in [0.15, 0.2) is 11.6 Å². The second-order valence-corrected chi connectivity index (χ2v) is 11.6. The Hall–Kier alpha value is -0.300. The molecule has 0 amide bonds. The van der Waals surface area contributed by atoms with Gasteiger partial charge in [-0.15, -0.1) is 0 Å². The monoisotopic (exact) mass is 362 g/mol. The molecule has 2 unspecified atom stereocenters. The number of allylic oxidation sites excluding steroid dienone is 2. The van der Waals surface area contributed by atoms with Crippen molar-refractivity contribution in [2.45, 2.75) is 119 Å². The van der Waals surface area contributed by atoms with Crippen LogP contribution < -0.4 is 0 Å². The Labute approximate surface area is 164 Å². The van der Waals surface area contributed by atoms with Gasteiger partial charge in [-0.05, 0) is 86.4 Å². The van der Waals surface area contributed by atoms with Gasteiger partial charge in [0.2, 0.25) is 0 Å². The molecule has 2 aliphatic rings. The van der Waals surface area contributed by atoms with Crippen molar-refractivity contribution in [3.63, 3.8) is 0 Å². The number of rotatable bonds is 10. The molecular formula is C25H46O. The summed E-state index contributed by atoms with van der Waals surface area (Å²) >= 11 is 0. The van der Waals surface area contributed by atoms with Gasteiger partial charge in [-0.25, -0.2) is 0 Å². The fourth-order valence-electron chi connectivity index (χ4n) is 4.53. The fourth-order valence-corrected chi connectivity index (χ4v) is 4.53. The first kappa shape index (κ1) is 22.0. The molecule has 0 saturated heterocycles. The van der Waals surface area contributed by atoms with Crippen molar-refractivity contribution in [1.82, 2.24) is 0 Å². The van der Waals surface area contributed by atoms with Crippen LogP contribution in [0, 0.1) is 21.7 Å². The minimum atomic E-state index is 0.241. The molecule has 2 atom stereocenters. The van der Waals surface area contributed by atoms with Gasteiger partial charge in [0.25, 0.3) is 0 Å². The molecule has 1 heteroatoms. The second-order valence-electron chi connectivity index (χ2n) is 11.6. The van der Waals surface area contributed by atoms with Crippen LogP contribution in [-0.4, -0.2) is 12.7 Å². The maximum atomic E-state index is 6.15. The maximum absolute atomic E-state index is 6.15. The van der Waals surface area contributed by atoms with E-state index in [1.54, 1.807) is 5.57 Å². The van der Waals surface area contributed by atoms with Gasteiger partial charge in [-0.2, -0.15) is 0 Å². The predicted octanol–water partition coefficient (Wildman–Crippen LogP) is 7.94. The third kappa shape index (κ3) is 5.37. The summed E-state index contributed by atoms with van der Waals surface area (Å²) in [6.45, 7) is 20.0. The molecule has 0 aliphatic heterocycles. The van der Waals surface area contributed by atoms with Crippen molar-refractivity contribution in [2.75, 3.05) is 6.61 Å². The van der Waals surface area contributed by atoms with Crippen LogP contribution in [0.4, 0.5) is 0 Å². The van der Waals surface area contributed by atoms with Crippen LogP contribution >= 0.6 is 0 Å². The molecule has 26 heavy (non-hydrogen) atoms. The number of hydrogen-bond acceptors (Lipinski definition) is 1. The third-order valence-electron chi connectivity index (χ3n) is 8.13. The first-order chi connectivity index (χ1) is 11.9. The molecule has 0 aromatic heterocycles. The molecule has 0 bridgehead atoms. The van der Waals surface area contributed by atoms with Crippen LogP contribution in [0.2, 0.25) is 0 Å². The fraction of sp³-hybridized carbons (Fsp3) is 0.920. The van der Waals surface area contributed by atoms with E-state index in [0.29, 0.717) is 22.3 Å². The van der Waals surface area contributed by atoms with Crippen LogP contribution in [0.3, 0.4) is 0 Å². The topological polar surface area (TPSA) is 9.23 Å². The van der Waals surface area contributed by atoms with Gasteiger partial charge in [-0.3, -0.25) is 0 Å². The lowest BCUT2D eigenvalue weighted by Crippen LogP contribution is -2.31. The highest BCUT2D eigenvalue weighted by Crippen LogP contribution is 2.62. The normalized spacial score (nSPS) is 23.5. The highest BCUT2D eigenvalue weighted by Gasteiger charge is 2.52. The molecular weight excluding hydrogens is 316 g/mol. The summed E-state index contributed by atoms with van der Waals surface area (Å²) in [6.07, 6.45) is 14.9. The smallest absolute Gasteiger partial charge is 0.0595 e. The molecule has 0 aromatic rings. The van der Waals surface area contributed by atoms with E-state index in [4.69, 9.17) is 4.74 Å². The van der Waals surface area contributed by atoms with Gasteiger partial charge < -0.3 is 4.74 Å². The highest BCUT2D eigenvalue weighted by atomic mass is 16.5. The van der Waals surface area contributed by atoms with Gasteiger partial charge in [0, 0.05) is 6.61 Å². The highest BCUT2D eigenvalue weighted by molar-refractivity contribution is 5.16. The lowest BCUT2D eigenvalue weighted by molar-refractivity contribution is -0.0127.